The zero-order chi connectivity index (χ0) is 19.7. The second-order valence-electron chi connectivity index (χ2n) is 5.46. The van der Waals surface area contributed by atoms with Crippen molar-refractivity contribution in [1.82, 2.24) is 4.98 Å². The Balaban J connectivity index is 1.96. The highest BCUT2D eigenvalue weighted by Crippen LogP contribution is 2.33. The predicted octanol–water partition coefficient (Wildman–Crippen LogP) is 3.77. The summed E-state index contributed by atoms with van der Waals surface area (Å²) in [5.41, 5.74) is -0.0844. The molecule has 0 saturated heterocycles. The normalized spacial score (nSPS) is 11.3. The van der Waals surface area contributed by atoms with Gasteiger partial charge >= 0.3 is 0 Å². The van der Waals surface area contributed by atoms with Crippen molar-refractivity contribution in [2.45, 2.75) is 0 Å². The Morgan fingerprint density at radius 3 is 2.56 bits per heavy atom. The number of carbonyl (C=O) groups excluding carboxylic acids is 2. The second-order valence-corrected chi connectivity index (χ2v) is 6.30. The first-order chi connectivity index (χ1) is 12.8. The van der Waals surface area contributed by atoms with E-state index in [0.717, 1.165) is 18.2 Å². The summed E-state index contributed by atoms with van der Waals surface area (Å²) in [6.07, 6.45) is 2.18. The van der Waals surface area contributed by atoms with Crippen LogP contribution in [0, 0.1) is 11.6 Å². The van der Waals surface area contributed by atoms with Gasteiger partial charge in [0.25, 0.3) is 0 Å². The third-order valence-electron chi connectivity index (χ3n) is 3.65. The minimum absolute atomic E-state index is 0.0985. The second kappa shape index (κ2) is 7.38. The summed E-state index contributed by atoms with van der Waals surface area (Å²) in [6.45, 7) is 0. The van der Waals surface area contributed by atoms with Crippen molar-refractivity contribution in [3.05, 3.63) is 69.3 Å². The Morgan fingerprint density at radius 1 is 1.15 bits per heavy atom. The zero-order valence-corrected chi connectivity index (χ0v) is 14.8. The molecule has 0 bridgehead atoms. The van der Waals surface area contributed by atoms with Gasteiger partial charge in [0.15, 0.2) is 0 Å². The number of anilines is 1. The summed E-state index contributed by atoms with van der Waals surface area (Å²) in [6, 6.07) is 5.56. The molecule has 0 unspecified atom stereocenters. The predicted molar refractivity (Wildman–Crippen MR) is 96.7 cm³/mol. The lowest BCUT2D eigenvalue weighted by atomic mass is 10.1. The molecule has 2 N–H and O–H groups in total. The molecular weight excluding hydrogens is 401 g/mol. The molecule has 0 aliphatic heterocycles. The van der Waals surface area contributed by atoms with Crippen molar-refractivity contribution in [3.63, 3.8) is 0 Å². The molecule has 0 atom stereocenters. The number of hydrogen-bond acceptors (Lipinski definition) is 3. The number of H-pyrrole nitrogens is 1. The van der Waals surface area contributed by atoms with Gasteiger partial charge in [-0.2, -0.15) is 0 Å². The quantitative estimate of drug-likeness (QED) is 0.643. The molecule has 3 rings (SSSR count). The van der Waals surface area contributed by atoms with Gasteiger partial charge in [0.2, 0.25) is 5.91 Å². The Labute approximate surface area is 161 Å². The van der Waals surface area contributed by atoms with Crippen LogP contribution in [-0.2, 0) is 4.79 Å². The molecule has 3 aromatic rings. The highest BCUT2D eigenvalue weighted by atomic mass is 35.5. The number of benzene rings is 2. The van der Waals surface area contributed by atoms with E-state index in [2.05, 4.69) is 10.3 Å². The molecule has 5 nitrogen and oxygen atoms in total. The molecule has 0 radical (unpaired) electrons. The Hall–Kier alpha value is -2.90. The number of nitrogens with one attached hydrogen (secondary N) is 2. The van der Waals surface area contributed by atoms with Crippen LogP contribution in [0.5, 0.6) is 0 Å². The summed E-state index contributed by atoms with van der Waals surface area (Å²) in [5, 5.41) is 14.4. The van der Waals surface area contributed by atoms with Crippen molar-refractivity contribution >= 4 is 57.7 Å². The molecule has 27 heavy (non-hydrogen) atoms. The minimum Gasteiger partial charge on any atom is -0.543 e. The summed E-state index contributed by atoms with van der Waals surface area (Å²) >= 11 is 12.0. The lowest BCUT2D eigenvalue weighted by Gasteiger charge is -2.04. The van der Waals surface area contributed by atoms with Gasteiger partial charge in [-0.05, 0) is 30.3 Å². The van der Waals surface area contributed by atoms with Crippen LogP contribution in [0.1, 0.15) is 16.1 Å². The molecule has 138 valence electrons. The van der Waals surface area contributed by atoms with E-state index < -0.39 is 23.5 Å². The average Bonchev–Trinajstić information content (AvgIpc) is 2.94. The molecule has 0 spiro atoms. The van der Waals surface area contributed by atoms with E-state index in [1.807, 2.05) is 0 Å². The van der Waals surface area contributed by atoms with Gasteiger partial charge in [0.05, 0.1) is 22.4 Å². The van der Waals surface area contributed by atoms with Crippen molar-refractivity contribution in [1.29, 1.82) is 0 Å². The van der Waals surface area contributed by atoms with Gasteiger partial charge in [-0.15, -0.1) is 0 Å². The first kappa shape index (κ1) is 18.9. The van der Waals surface area contributed by atoms with E-state index in [1.54, 1.807) is 0 Å². The molecule has 2 aromatic carbocycles. The fraction of sp³-hybridized carbons (Fsp3) is 0. The first-order valence-corrected chi connectivity index (χ1v) is 8.18. The van der Waals surface area contributed by atoms with Gasteiger partial charge in [0.1, 0.15) is 11.6 Å². The molecule has 1 heterocycles. The van der Waals surface area contributed by atoms with E-state index in [1.165, 1.54) is 18.2 Å². The number of aromatic nitrogens is 1. The number of rotatable bonds is 4. The third kappa shape index (κ3) is 3.94. The van der Waals surface area contributed by atoms with E-state index in [-0.39, 0.29) is 22.0 Å². The maximum atomic E-state index is 13.6. The van der Waals surface area contributed by atoms with Crippen LogP contribution < -0.4 is 10.4 Å². The Kier molecular flexibility index (Phi) is 5.16. The van der Waals surface area contributed by atoms with Gasteiger partial charge in [-0.25, -0.2) is 8.78 Å². The van der Waals surface area contributed by atoms with Crippen LogP contribution >= 0.6 is 23.2 Å². The monoisotopic (exact) mass is 409 g/mol. The van der Waals surface area contributed by atoms with Gasteiger partial charge in [0, 0.05) is 33.6 Å². The minimum atomic E-state index is -1.51. The van der Waals surface area contributed by atoms with E-state index >= 15 is 0 Å². The van der Waals surface area contributed by atoms with Crippen LogP contribution in [0.3, 0.4) is 0 Å². The van der Waals surface area contributed by atoms with Crippen LogP contribution in [0.2, 0.25) is 10.0 Å². The fourth-order valence-electron chi connectivity index (χ4n) is 2.52. The highest BCUT2D eigenvalue weighted by molar-refractivity contribution is 6.39. The largest absolute Gasteiger partial charge is 0.543 e. The van der Waals surface area contributed by atoms with E-state index in [9.17, 15) is 23.5 Å². The number of amides is 1. The van der Waals surface area contributed by atoms with Gasteiger partial charge < -0.3 is 20.2 Å². The fourth-order valence-corrected chi connectivity index (χ4v) is 3.12. The maximum Gasteiger partial charge on any atom is 0.248 e. The molecule has 0 fully saturated rings. The summed E-state index contributed by atoms with van der Waals surface area (Å²) in [5.74, 6) is -4.00. The Bertz CT molecular complexity index is 1110. The molecule has 9 heteroatoms. The number of fused-ring (bicyclic) bond motifs is 1. The smallest absolute Gasteiger partial charge is 0.248 e. The number of halogens is 4. The molecule has 1 aromatic heterocycles. The number of carboxylic acids is 1. The number of aromatic amines is 1. The van der Waals surface area contributed by atoms with Crippen LogP contribution in [0.4, 0.5) is 14.5 Å². The number of hydrogen-bond donors (Lipinski definition) is 2. The summed E-state index contributed by atoms with van der Waals surface area (Å²) < 4.78 is 26.5. The first-order valence-electron chi connectivity index (χ1n) is 7.42. The average molecular weight is 410 g/mol. The van der Waals surface area contributed by atoms with Crippen molar-refractivity contribution in [3.8, 4) is 0 Å². The third-order valence-corrected chi connectivity index (χ3v) is 4.16. The molecule has 0 aliphatic rings. The summed E-state index contributed by atoms with van der Waals surface area (Å²) in [4.78, 5) is 26.0. The number of carbonyl (C=O) groups is 2. The molecule has 1 amide bonds. The van der Waals surface area contributed by atoms with Crippen molar-refractivity contribution in [2.24, 2.45) is 0 Å². The molecule has 0 saturated carbocycles. The Morgan fingerprint density at radius 2 is 1.89 bits per heavy atom. The van der Waals surface area contributed by atoms with E-state index in [4.69, 9.17) is 23.2 Å². The van der Waals surface area contributed by atoms with Gasteiger partial charge in [-0.3, -0.25) is 4.79 Å². The lowest BCUT2D eigenvalue weighted by Crippen LogP contribution is -2.23. The molecule has 0 aliphatic carbocycles. The SMILES string of the molecule is O=C(/C=C/c1c(C(=O)[O-])[nH]c2cc(Cl)cc(Cl)c12)Nc1ccc(F)cc1F. The summed E-state index contributed by atoms with van der Waals surface area (Å²) in [7, 11) is 0. The van der Waals surface area contributed by atoms with Crippen LogP contribution in [0.25, 0.3) is 17.0 Å². The topological polar surface area (TPSA) is 85.0 Å². The van der Waals surface area contributed by atoms with Crippen molar-refractivity contribution in [2.75, 3.05) is 5.32 Å². The van der Waals surface area contributed by atoms with E-state index in [0.29, 0.717) is 22.0 Å². The standard InChI is InChI=1S/C18H10Cl2F2N2O3/c19-8-5-11(20)16-10(17(18(26)27)24-14(16)6-8)2-4-15(25)23-13-3-1-9(21)7-12(13)22/h1-7,24H,(H,23,25)(H,26,27)/p-1/b4-2+. The molecular formula is C18H9Cl2F2N2O3-. The van der Waals surface area contributed by atoms with Gasteiger partial charge in [-0.1, -0.05) is 23.2 Å². The van der Waals surface area contributed by atoms with Crippen LogP contribution in [0.15, 0.2) is 36.4 Å². The van der Waals surface area contributed by atoms with Crippen LogP contribution in [-0.4, -0.2) is 16.9 Å². The highest BCUT2D eigenvalue weighted by Gasteiger charge is 2.14. The maximum absolute atomic E-state index is 13.6. The zero-order valence-electron chi connectivity index (χ0n) is 13.3. The number of carboxylic acid groups (broad SMARTS) is 1. The lowest BCUT2D eigenvalue weighted by molar-refractivity contribution is -0.255. The number of aromatic carboxylic acids is 1. The van der Waals surface area contributed by atoms with Crippen molar-refractivity contribution < 1.29 is 23.5 Å².